The molecule has 0 saturated heterocycles. The van der Waals surface area contributed by atoms with Gasteiger partial charge in [-0.1, -0.05) is 25.2 Å². The lowest BCUT2D eigenvalue weighted by Gasteiger charge is -2.11. The van der Waals surface area contributed by atoms with Crippen LogP contribution in [0.3, 0.4) is 0 Å². The number of aromatic nitrogens is 2. The molecular formula is C14H17N3OS. The van der Waals surface area contributed by atoms with E-state index >= 15 is 0 Å². The molecule has 0 fully saturated rings. The maximum atomic E-state index is 5.66. The smallest absolute Gasteiger partial charge is 0.129 e. The van der Waals surface area contributed by atoms with Gasteiger partial charge in [-0.2, -0.15) is 0 Å². The maximum Gasteiger partial charge on any atom is 0.129 e. The van der Waals surface area contributed by atoms with E-state index in [0.717, 1.165) is 29.9 Å². The highest BCUT2D eigenvalue weighted by molar-refractivity contribution is 7.80. The van der Waals surface area contributed by atoms with Crippen molar-refractivity contribution in [1.29, 1.82) is 0 Å². The maximum absolute atomic E-state index is 5.66. The van der Waals surface area contributed by atoms with Crippen molar-refractivity contribution in [2.24, 2.45) is 5.73 Å². The Labute approximate surface area is 118 Å². The molecule has 4 nitrogen and oxygen atoms in total. The Balaban J connectivity index is 2.29. The quantitative estimate of drug-likeness (QED) is 0.849. The van der Waals surface area contributed by atoms with Crippen LogP contribution in [0.5, 0.6) is 5.75 Å². The molecule has 2 N–H and O–H groups in total. The fraction of sp³-hybridized carbons (Fsp3) is 0.286. The molecule has 100 valence electrons. The number of rotatable bonds is 5. The zero-order valence-electron chi connectivity index (χ0n) is 11.1. The first kappa shape index (κ1) is 13.5. The summed E-state index contributed by atoms with van der Waals surface area (Å²) >= 11 is 5.00. The van der Waals surface area contributed by atoms with Crippen molar-refractivity contribution in [3.05, 3.63) is 47.5 Å². The molecule has 1 aromatic heterocycles. The van der Waals surface area contributed by atoms with E-state index in [9.17, 15) is 0 Å². The van der Waals surface area contributed by atoms with Crippen LogP contribution < -0.4 is 10.5 Å². The average molecular weight is 275 g/mol. The van der Waals surface area contributed by atoms with E-state index in [2.05, 4.69) is 16.5 Å². The van der Waals surface area contributed by atoms with Gasteiger partial charge in [0.1, 0.15) is 16.6 Å². The Morgan fingerprint density at radius 1 is 1.47 bits per heavy atom. The number of hydrogen-bond acceptors (Lipinski definition) is 3. The molecule has 0 unspecified atom stereocenters. The number of aryl methyl sites for hydroxylation is 1. The minimum atomic E-state index is 0.347. The molecule has 19 heavy (non-hydrogen) atoms. The van der Waals surface area contributed by atoms with E-state index in [1.165, 1.54) is 0 Å². The van der Waals surface area contributed by atoms with E-state index in [-0.39, 0.29) is 0 Å². The summed E-state index contributed by atoms with van der Waals surface area (Å²) in [4.78, 5) is 4.66. The Hall–Kier alpha value is -1.88. The second-order valence-electron chi connectivity index (χ2n) is 4.22. The molecule has 0 aliphatic heterocycles. The van der Waals surface area contributed by atoms with E-state index in [1.807, 2.05) is 30.6 Å². The van der Waals surface area contributed by atoms with Crippen LogP contribution in [0.4, 0.5) is 0 Å². The van der Waals surface area contributed by atoms with E-state index in [4.69, 9.17) is 22.7 Å². The zero-order chi connectivity index (χ0) is 13.8. The summed E-state index contributed by atoms with van der Waals surface area (Å²) in [6.45, 7) is 2.85. The van der Waals surface area contributed by atoms with Crippen LogP contribution in [0, 0.1) is 0 Å². The van der Waals surface area contributed by atoms with Crippen molar-refractivity contribution < 1.29 is 4.74 Å². The standard InChI is InChI=1S/C14H17N3OS/c1-3-13-16-6-7-17(13)9-10-4-5-11(14(15)19)12(8-10)18-2/h4-8H,3,9H2,1-2H3,(H2,15,19). The van der Waals surface area contributed by atoms with Crippen LogP contribution in [0.15, 0.2) is 30.6 Å². The molecule has 2 aromatic rings. The van der Waals surface area contributed by atoms with Gasteiger partial charge in [-0.25, -0.2) is 4.98 Å². The van der Waals surface area contributed by atoms with Crippen molar-refractivity contribution in [3.63, 3.8) is 0 Å². The predicted octanol–water partition coefficient (Wildman–Crippen LogP) is 2.14. The largest absolute Gasteiger partial charge is 0.496 e. The summed E-state index contributed by atoms with van der Waals surface area (Å²) in [6, 6.07) is 5.88. The van der Waals surface area contributed by atoms with Crippen LogP contribution >= 0.6 is 12.2 Å². The second-order valence-corrected chi connectivity index (χ2v) is 4.66. The molecular weight excluding hydrogens is 258 g/mol. The van der Waals surface area contributed by atoms with Gasteiger partial charge in [0, 0.05) is 25.4 Å². The van der Waals surface area contributed by atoms with E-state index < -0.39 is 0 Å². The predicted molar refractivity (Wildman–Crippen MR) is 79.6 cm³/mol. The molecule has 0 amide bonds. The van der Waals surface area contributed by atoms with Crippen molar-refractivity contribution >= 4 is 17.2 Å². The van der Waals surface area contributed by atoms with E-state index in [0.29, 0.717) is 10.7 Å². The topological polar surface area (TPSA) is 53.1 Å². The lowest BCUT2D eigenvalue weighted by molar-refractivity contribution is 0.413. The first-order chi connectivity index (χ1) is 9.15. The van der Waals surface area contributed by atoms with Crippen LogP contribution in [-0.2, 0) is 13.0 Å². The summed E-state index contributed by atoms with van der Waals surface area (Å²) < 4.78 is 7.45. The van der Waals surface area contributed by atoms with Gasteiger partial charge in [0.05, 0.1) is 12.7 Å². The number of thiocarbonyl (C=S) groups is 1. The lowest BCUT2D eigenvalue weighted by atomic mass is 10.1. The highest BCUT2D eigenvalue weighted by atomic mass is 32.1. The first-order valence-corrected chi connectivity index (χ1v) is 6.53. The third kappa shape index (κ3) is 2.93. The van der Waals surface area contributed by atoms with Crippen LogP contribution in [0.25, 0.3) is 0 Å². The monoisotopic (exact) mass is 275 g/mol. The van der Waals surface area contributed by atoms with Gasteiger partial charge >= 0.3 is 0 Å². The fourth-order valence-corrected chi connectivity index (χ4v) is 2.20. The van der Waals surface area contributed by atoms with Crippen LogP contribution in [-0.4, -0.2) is 21.6 Å². The number of nitrogens with zero attached hydrogens (tertiary/aromatic N) is 2. The number of methoxy groups -OCH3 is 1. The van der Waals surface area contributed by atoms with Gasteiger partial charge < -0.3 is 15.0 Å². The first-order valence-electron chi connectivity index (χ1n) is 6.12. The molecule has 0 spiro atoms. The van der Waals surface area contributed by atoms with Crippen molar-refractivity contribution in [3.8, 4) is 5.75 Å². The number of benzene rings is 1. The summed E-state index contributed by atoms with van der Waals surface area (Å²) in [7, 11) is 1.62. The molecule has 0 radical (unpaired) electrons. The summed E-state index contributed by atoms with van der Waals surface area (Å²) in [5, 5.41) is 0. The van der Waals surface area contributed by atoms with Gasteiger partial charge in [-0.3, -0.25) is 0 Å². The highest BCUT2D eigenvalue weighted by Crippen LogP contribution is 2.21. The van der Waals surface area contributed by atoms with Crippen molar-refractivity contribution in [1.82, 2.24) is 9.55 Å². The molecule has 0 aliphatic rings. The lowest BCUT2D eigenvalue weighted by Crippen LogP contribution is -2.11. The number of imidazole rings is 1. The molecule has 2 rings (SSSR count). The van der Waals surface area contributed by atoms with Gasteiger partial charge in [0.15, 0.2) is 0 Å². The van der Waals surface area contributed by atoms with Gasteiger partial charge in [-0.05, 0) is 17.7 Å². The Kier molecular flexibility index (Phi) is 4.16. The molecule has 0 aliphatic carbocycles. The minimum absolute atomic E-state index is 0.347. The normalized spacial score (nSPS) is 10.4. The third-order valence-corrected chi connectivity index (χ3v) is 3.22. The van der Waals surface area contributed by atoms with Crippen LogP contribution in [0.2, 0.25) is 0 Å². The molecule has 5 heteroatoms. The van der Waals surface area contributed by atoms with Crippen molar-refractivity contribution in [2.75, 3.05) is 7.11 Å². The van der Waals surface area contributed by atoms with Crippen LogP contribution in [0.1, 0.15) is 23.9 Å². The Morgan fingerprint density at radius 2 is 2.26 bits per heavy atom. The number of hydrogen-bond donors (Lipinski definition) is 1. The zero-order valence-corrected chi connectivity index (χ0v) is 11.9. The Morgan fingerprint density at radius 3 is 2.89 bits per heavy atom. The van der Waals surface area contributed by atoms with Crippen molar-refractivity contribution in [2.45, 2.75) is 19.9 Å². The SMILES string of the molecule is CCc1nccn1Cc1ccc(C(N)=S)c(OC)c1. The molecule has 0 bridgehead atoms. The summed E-state index contributed by atoms with van der Waals surface area (Å²) in [6.07, 6.45) is 4.71. The fourth-order valence-electron chi connectivity index (χ4n) is 2.03. The third-order valence-electron chi connectivity index (χ3n) is 3.00. The minimum Gasteiger partial charge on any atom is -0.496 e. The number of ether oxygens (including phenoxy) is 1. The second kappa shape index (κ2) is 5.84. The molecule has 0 saturated carbocycles. The van der Waals surface area contributed by atoms with Gasteiger partial charge in [-0.15, -0.1) is 0 Å². The van der Waals surface area contributed by atoms with E-state index in [1.54, 1.807) is 7.11 Å². The van der Waals surface area contributed by atoms with Gasteiger partial charge in [0.2, 0.25) is 0 Å². The summed E-state index contributed by atoms with van der Waals surface area (Å²) in [5.74, 6) is 1.78. The molecule has 0 atom stereocenters. The average Bonchev–Trinajstić information content (AvgIpc) is 2.85. The number of nitrogens with two attached hydrogens (primary N) is 1. The highest BCUT2D eigenvalue weighted by Gasteiger charge is 2.08. The summed E-state index contributed by atoms with van der Waals surface area (Å²) in [5.41, 5.74) is 7.55. The van der Waals surface area contributed by atoms with Gasteiger partial charge in [0.25, 0.3) is 0 Å². The molecule has 1 aromatic carbocycles. The Bertz CT molecular complexity index is 592. The molecule has 1 heterocycles.